The van der Waals surface area contributed by atoms with Crippen molar-refractivity contribution < 1.29 is 4.74 Å². The number of hydrogen-bond acceptors (Lipinski definition) is 1. The molecule has 0 unspecified atom stereocenters. The van der Waals surface area contributed by atoms with E-state index in [1.54, 1.807) is 7.11 Å². The summed E-state index contributed by atoms with van der Waals surface area (Å²) in [5.41, 5.74) is 2.79. The van der Waals surface area contributed by atoms with Gasteiger partial charge < -0.3 is 4.74 Å². The molecule has 2 aromatic rings. The summed E-state index contributed by atoms with van der Waals surface area (Å²) in [6.45, 7) is 0. The molecule has 17 heavy (non-hydrogen) atoms. The van der Waals surface area contributed by atoms with Crippen LogP contribution in [0, 0.1) is 12.3 Å². The summed E-state index contributed by atoms with van der Waals surface area (Å²) >= 11 is 5.97. The van der Waals surface area contributed by atoms with Gasteiger partial charge in [-0.3, -0.25) is 0 Å². The van der Waals surface area contributed by atoms with Crippen LogP contribution in [0.2, 0.25) is 5.02 Å². The second-order valence-corrected chi connectivity index (χ2v) is 4.00. The molecule has 0 saturated heterocycles. The molecule has 0 amide bonds. The monoisotopic (exact) mass is 242 g/mol. The predicted molar refractivity (Wildman–Crippen MR) is 71.4 cm³/mol. The summed E-state index contributed by atoms with van der Waals surface area (Å²) in [7, 11) is 1.62. The van der Waals surface area contributed by atoms with Crippen LogP contribution in [-0.2, 0) is 0 Å². The van der Waals surface area contributed by atoms with Crippen molar-refractivity contribution >= 4 is 11.6 Å². The summed E-state index contributed by atoms with van der Waals surface area (Å²) in [5.74, 6) is 3.42. The van der Waals surface area contributed by atoms with Gasteiger partial charge in [0, 0.05) is 10.6 Å². The summed E-state index contributed by atoms with van der Waals surface area (Å²) in [6, 6.07) is 13.3. The number of ether oxygens (including phenoxy) is 1. The van der Waals surface area contributed by atoms with Crippen LogP contribution in [0.25, 0.3) is 11.1 Å². The molecular formula is C15H11ClO. The zero-order valence-corrected chi connectivity index (χ0v) is 10.2. The fourth-order valence-corrected chi connectivity index (χ4v) is 1.87. The smallest absolute Gasteiger partial charge is 0.120 e. The SMILES string of the molecule is C#Cc1cc(OC)ccc1-c1cccc(Cl)c1. The first-order chi connectivity index (χ1) is 8.24. The second kappa shape index (κ2) is 4.95. The molecule has 2 rings (SSSR count). The Morgan fingerprint density at radius 3 is 2.65 bits per heavy atom. The third-order valence-electron chi connectivity index (χ3n) is 2.52. The second-order valence-electron chi connectivity index (χ2n) is 3.57. The summed E-state index contributed by atoms with van der Waals surface area (Å²) < 4.78 is 5.15. The molecule has 0 radical (unpaired) electrons. The molecule has 2 aromatic carbocycles. The van der Waals surface area contributed by atoms with Crippen molar-refractivity contribution in [2.75, 3.05) is 7.11 Å². The van der Waals surface area contributed by atoms with E-state index >= 15 is 0 Å². The van der Waals surface area contributed by atoms with E-state index in [1.165, 1.54) is 0 Å². The van der Waals surface area contributed by atoms with E-state index in [0.29, 0.717) is 5.02 Å². The molecule has 0 aliphatic carbocycles. The topological polar surface area (TPSA) is 9.23 Å². The predicted octanol–water partition coefficient (Wildman–Crippen LogP) is 4.00. The maximum absolute atomic E-state index is 5.97. The fraction of sp³-hybridized carbons (Fsp3) is 0.0667. The highest BCUT2D eigenvalue weighted by atomic mass is 35.5. The summed E-state index contributed by atoms with van der Waals surface area (Å²) in [4.78, 5) is 0. The van der Waals surface area contributed by atoms with Gasteiger partial charge in [0.2, 0.25) is 0 Å². The van der Waals surface area contributed by atoms with E-state index in [4.69, 9.17) is 22.8 Å². The lowest BCUT2D eigenvalue weighted by atomic mass is 10.00. The average molecular weight is 243 g/mol. The molecule has 2 heteroatoms. The van der Waals surface area contributed by atoms with E-state index in [1.807, 2.05) is 42.5 Å². The van der Waals surface area contributed by atoms with Crippen molar-refractivity contribution in [1.29, 1.82) is 0 Å². The van der Waals surface area contributed by atoms with Crippen LogP contribution in [0.15, 0.2) is 42.5 Å². The van der Waals surface area contributed by atoms with Crippen molar-refractivity contribution in [3.8, 4) is 29.2 Å². The van der Waals surface area contributed by atoms with Crippen LogP contribution in [0.4, 0.5) is 0 Å². The van der Waals surface area contributed by atoms with Gasteiger partial charge in [0.1, 0.15) is 5.75 Å². The highest BCUT2D eigenvalue weighted by molar-refractivity contribution is 6.30. The molecule has 0 aliphatic heterocycles. The van der Waals surface area contributed by atoms with Gasteiger partial charge in [-0.05, 0) is 41.5 Å². The Balaban J connectivity index is 2.56. The molecular weight excluding hydrogens is 232 g/mol. The molecule has 0 heterocycles. The van der Waals surface area contributed by atoms with Gasteiger partial charge in [0.25, 0.3) is 0 Å². The summed E-state index contributed by atoms with van der Waals surface area (Å²) in [6.07, 6.45) is 5.51. The Morgan fingerprint density at radius 2 is 2.00 bits per heavy atom. The third kappa shape index (κ3) is 2.43. The minimum atomic E-state index is 0.696. The number of hydrogen-bond donors (Lipinski definition) is 0. The molecule has 0 atom stereocenters. The molecule has 1 nitrogen and oxygen atoms in total. The largest absolute Gasteiger partial charge is 0.497 e. The number of benzene rings is 2. The minimum absolute atomic E-state index is 0.696. The summed E-state index contributed by atoms with van der Waals surface area (Å²) in [5, 5.41) is 0.696. The van der Waals surface area contributed by atoms with Crippen molar-refractivity contribution in [2.45, 2.75) is 0 Å². The van der Waals surface area contributed by atoms with Gasteiger partial charge in [-0.2, -0.15) is 0 Å². The quantitative estimate of drug-likeness (QED) is 0.724. The molecule has 0 fully saturated rings. The van der Waals surface area contributed by atoms with Crippen molar-refractivity contribution in [2.24, 2.45) is 0 Å². The van der Waals surface area contributed by atoms with Gasteiger partial charge in [0.05, 0.1) is 7.11 Å². The maximum Gasteiger partial charge on any atom is 0.120 e. The number of halogens is 1. The standard InChI is InChI=1S/C15H11ClO/c1-3-11-10-14(17-2)7-8-15(11)12-5-4-6-13(16)9-12/h1,4-10H,2H3. The first-order valence-electron chi connectivity index (χ1n) is 5.15. The zero-order valence-electron chi connectivity index (χ0n) is 9.41. The first kappa shape index (κ1) is 11.6. The molecule has 0 aliphatic rings. The third-order valence-corrected chi connectivity index (χ3v) is 2.75. The highest BCUT2D eigenvalue weighted by Crippen LogP contribution is 2.28. The lowest BCUT2D eigenvalue weighted by Gasteiger charge is -2.07. The Hall–Kier alpha value is -1.91. The van der Waals surface area contributed by atoms with E-state index in [0.717, 1.165) is 22.4 Å². The molecule has 0 aromatic heterocycles. The lowest BCUT2D eigenvalue weighted by molar-refractivity contribution is 0.415. The normalized spacial score (nSPS) is 9.71. The fourth-order valence-electron chi connectivity index (χ4n) is 1.68. The van der Waals surface area contributed by atoms with E-state index in [-0.39, 0.29) is 0 Å². The van der Waals surface area contributed by atoms with Gasteiger partial charge in [-0.15, -0.1) is 6.42 Å². The number of rotatable bonds is 2. The average Bonchev–Trinajstić information content (AvgIpc) is 2.38. The molecule has 0 saturated carbocycles. The van der Waals surface area contributed by atoms with Crippen LogP contribution >= 0.6 is 11.6 Å². The van der Waals surface area contributed by atoms with E-state index in [9.17, 15) is 0 Å². The van der Waals surface area contributed by atoms with Gasteiger partial charge in [-0.1, -0.05) is 29.7 Å². The molecule has 84 valence electrons. The van der Waals surface area contributed by atoms with Crippen molar-refractivity contribution in [3.63, 3.8) is 0 Å². The van der Waals surface area contributed by atoms with Crippen LogP contribution in [-0.4, -0.2) is 7.11 Å². The Labute approximate surface area is 106 Å². The van der Waals surface area contributed by atoms with Crippen LogP contribution in [0.3, 0.4) is 0 Å². The Kier molecular flexibility index (Phi) is 3.37. The van der Waals surface area contributed by atoms with Gasteiger partial charge in [-0.25, -0.2) is 0 Å². The van der Waals surface area contributed by atoms with Crippen molar-refractivity contribution in [3.05, 3.63) is 53.1 Å². The van der Waals surface area contributed by atoms with E-state index < -0.39 is 0 Å². The molecule has 0 N–H and O–H groups in total. The van der Waals surface area contributed by atoms with Crippen LogP contribution in [0.5, 0.6) is 5.75 Å². The highest BCUT2D eigenvalue weighted by Gasteiger charge is 2.05. The van der Waals surface area contributed by atoms with Gasteiger partial charge >= 0.3 is 0 Å². The molecule has 0 spiro atoms. The van der Waals surface area contributed by atoms with Gasteiger partial charge in [0.15, 0.2) is 0 Å². The van der Waals surface area contributed by atoms with Crippen LogP contribution < -0.4 is 4.74 Å². The van der Waals surface area contributed by atoms with E-state index in [2.05, 4.69) is 5.92 Å². The lowest BCUT2D eigenvalue weighted by Crippen LogP contribution is -1.88. The first-order valence-corrected chi connectivity index (χ1v) is 5.53. The maximum atomic E-state index is 5.97. The molecule has 0 bridgehead atoms. The number of methoxy groups -OCH3 is 1. The van der Waals surface area contributed by atoms with Crippen molar-refractivity contribution in [1.82, 2.24) is 0 Å². The Bertz CT molecular complexity index is 582. The van der Waals surface area contributed by atoms with Crippen LogP contribution in [0.1, 0.15) is 5.56 Å². The number of terminal acetylenes is 1. The minimum Gasteiger partial charge on any atom is -0.497 e. The zero-order chi connectivity index (χ0) is 12.3. The Morgan fingerprint density at radius 1 is 1.18 bits per heavy atom.